The van der Waals surface area contributed by atoms with Crippen molar-refractivity contribution < 1.29 is 74.5 Å². The largest absolute Gasteiger partial charge is 0.394 e. The molecule has 1 saturated carbocycles. The second-order valence-corrected chi connectivity index (χ2v) is 11.9. The van der Waals surface area contributed by atoms with Crippen molar-refractivity contribution in [2.75, 3.05) is 26.2 Å². The van der Waals surface area contributed by atoms with Crippen molar-refractivity contribution in [3.05, 3.63) is 0 Å². The molecule has 0 bridgehead atoms. The summed E-state index contributed by atoms with van der Waals surface area (Å²) in [4.78, 5) is 25.8. The Balaban J connectivity index is 2.00. The van der Waals surface area contributed by atoms with Crippen LogP contribution in [0.25, 0.3) is 0 Å². The van der Waals surface area contributed by atoms with Gasteiger partial charge >= 0.3 is 0 Å². The van der Waals surface area contributed by atoms with Crippen LogP contribution in [0.4, 0.5) is 0 Å². The van der Waals surface area contributed by atoms with Crippen LogP contribution in [0, 0.1) is 0 Å². The standard InChI is InChI=1S/C26H50N6O15/c27-3-1-10(34)23(42)31-8-5-9(32-24(43)11(35)2-4-28)22(47-26-19(40)18(39)16(37)12(6-29)44-26)20(41)21(8)46-25-17(38)14(30)15(36)13(7-33)45-25/h8-22,25-26,33-41H,1-7,27-30H2,(H,31,42)(H,32,43)/t8?,9-,10+,11-,12?,13?,14?,15+,16+,17?,18?,19?,20?,21-,22?,25+,26+/m0/s1. The number of aliphatic hydroxyl groups is 9. The van der Waals surface area contributed by atoms with Crippen molar-refractivity contribution in [3.63, 3.8) is 0 Å². The molecule has 2 heterocycles. The van der Waals surface area contributed by atoms with E-state index in [0.717, 1.165) is 0 Å². The lowest BCUT2D eigenvalue weighted by atomic mass is 9.82. The topological polar surface area (TPSA) is 381 Å². The van der Waals surface area contributed by atoms with Gasteiger partial charge in [-0.05, 0) is 32.4 Å². The van der Waals surface area contributed by atoms with E-state index in [1.807, 2.05) is 0 Å². The molecule has 2 aliphatic heterocycles. The first-order chi connectivity index (χ1) is 22.2. The lowest BCUT2D eigenvalue weighted by Gasteiger charge is -2.49. The molecular weight excluding hydrogens is 636 g/mol. The molecule has 0 aromatic carbocycles. The van der Waals surface area contributed by atoms with Crippen LogP contribution in [0.5, 0.6) is 0 Å². The van der Waals surface area contributed by atoms with Crippen LogP contribution in [-0.4, -0.2) is 188 Å². The summed E-state index contributed by atoms with van der Waals surface area (Å²) in [5.74, 6) is -1.90. The highest BCUT2D eigenvalue weighted by molar-refractivity contribution is 5.81. The van der Waals surface area contributed by atoms with Crippen molar-refractivity contribution in [2.24, 2.45) is 22.9 Å². The van der Waals surface area contributed by atoms with Gasteiger partial charge in [0.25, 0.3) is 0 Å². The van der Waals surface area contributed by atoms with Gasteiger partial charge in [0, 0.05) is 6.54 Å². The van der Waals surface area contributed by atoms with Crippen molar-refractivity contribution in [1.29, 1.82) is 0 Å². The summed E-state index contributed by atoms with van der Waals surface area (Å²) in [6.07, 6.45) is -23.6. The molecular formula is C26H50N6O15. The summed E-state index contributed by atoms with van der Waals surface area (Å²) in [5.41, 5.74) is 22.4. The molecule has 3 rings (SSSR count). The maximum atomic E-state index is 12.9. The molecule has 19 N–H and O–H groups in total. The summed E-state index contributed by atoms with van der Waals surface area (Å²) < 4.78 is 22.8. The molecule has 274 valence electrons. The van der Waals surface area contributed by atoms with Crippen molar-refractivity contribution in [1.82, 2.24) is 10.6 Å². The van der Waals surface area contributed by atoms with E-state index in [9.17, 15) is 55.5 Å². The highest BCUT2D eigenvalue weighted by atomic mass is 16.7. The maximum Gasteiger partial charge on any atom is 0.249 e. The number of hydrogen-bond acceptors (Lipinski definition) is 19. The molecule has 2 saturated heterocycles. The molecule has 47 heavy (non-hydrogen) atoms. The molecule has 0 aromatic rings. The van der Waals surface area contributed by atoms with E-state index < -0.39 is 122 Å². The molecule has 21 nitrogen and oxygen atoms in total. The highest BCUT2D eigenvalue weighted by Crippen LogP contribution is 2.33. The Morgan fingerprint density at radius 1 is 0.702 bits per heavy atom. The highest BCUT2D eigenvalue weighted by Gasteiger charge is 2.53. The van der Waals surface area contributed by atoms with Gasteiger partial charge in [0.1, 0.15) is 73.2 Å². The number of hydrogen-bond donors (Lipinski definition) is 15. The molecule has 0 aromatic heterocycles. The van der Waals surface area contributed by atoms with E-state index in [0.29, 0.717) is 0 Å². The minimum atomic E-state index is -1.93. The van der Waals surface area contributed by atoms with Crippen molar-refractivity contribution in [3.8, 4) is 0 Å². The third-order valence-electron chi connectivity index (χ3n) is 8.54. The zero-order valence-electron chi connectivity index (χ0n) is 25.5. The molecule has 0 spiro atoms. The van der Waals surface area contributed by atoms with Crippen LogP contribution in [0.2, 0.25) is 0 Å². The Morgan fingerprint density at radius 2 is 1.17 bits per heavy atom. The smallest absolute Gasteiger partial charge is 0.249 e. The number of nitrogens with one attached hydrogen (secondary N) is 2. The van der Waals surface area contributed by atoms with Crippen LogP contribution < -0.4 is 33.6 Å². The molecule has 1 aliphatic carbocycles. The van der Waals surface area contributed by atoms with Gasteiger partial charge in [-0.2, -0.15) is 0 Å². The van der Waals surface area contributed by atoms with Crippen molar-refractivity contribution in [2.45, 2.75) is 123 Å². The van der Waals surface area contributed by atoms with Crippen molar-refractivity contribution >= 4 is 11.8 Å². The summed E-state index contributed by atoms with van der Waals surface area (Å²) in [6, 6.07) is -4.01. The van der Waals surface area contributed by atoms with Gasteiger partial charge in [0.05, 0.1) is 24.7 Å². The van der Waals surface area contributed by atoms with E-state index in [1.54, 1.807) is 0 Å². The van der Waals surface area contributed by atoms with Gasteiger partial charge < -0.3 is 98.5 Å². The number of nitrogens with two attached hydrogens (primary N) is 4. The Morgan fingerprint density at radius 3 is 1.62 bits per heavy atom. The Bertz CT molecular complexity index is 928. The van der Waals surface area contributed by atoms with E-state index >= 15 is 0 Å². The number of carbonyl (C=O) groups is 2. The predicted molar refractivity (Wildman–Crippen MR) is 155 cm³/mol. The Kier molecular flexibility index (Phi) is 15.0. The first kappa shape index (κ1) is 39.7. The summed E-state index contributed by atoms with van der Waals surface area (Å²) in [5, 5.41) is 99.2. The Hall–Kier alpha value is -1.74. The zero-order valence-corrected chi connectivity index (χ0v) is 25.5. The second-order valence-electron chi connectivity index (χ2n) is 11.9. The van der Waals surface area contributed by atoms with Gasteiger partial charge in [0.15, 0.2) is 12.6 Å². The van der Waals surface area contributed by atoms with Gasteiger partial charge in [-0.15, -0.1) is 0 Å². The predicted octanol–water partition coefficient (Wildman–Crippen LogP) is -9.56. The lowest BCUT2D eigenvalue weighted by Crippen LogP contribution is -2.70. The molecule has 3 aliphatic rings. The van der Waals surface area contributed by atoms with Crippen LogP contribution in [-0.2, 0) is 28.5 Å². The molecule has 3 fully saturated rings. The number of carbonyl (C=O) groups excluding carboxylic acids is 2. The first-order valence-corrected chi connectivity index (χ1v) is 15.3. The number of ether oxygens (including phenoxy) is 4. The maximum absolute atomic E-state index is 12.9. The van der Waals surface area contributed by atoms with E-state index in [1.165, 1.54) is 0 Å². The number of amides is 2. The average Bonchev–Trinajstić information content (AvgIpc) is 3.04. The third kappa shape index (κ3) is 9.29. The van der Waals surface area contributed by atoms with Gasteiger partial charge in [-0.25, -0.2) is 0 Å². The third-order valence-corrected chi connectivity index (χ3v) is 8.54. The summed E-state index contributed by atoms with van der Waals surface area (Å²) >= 11 is 0. The quantitative estimate of drug-likeness (QED) is 0.0806. The normalized spacial score (nSPS) is 42.4. The number of rotatable bonds is 14. The number of aliphatic hydroxyl groups excluding tert-OH is 9. The lowest BCUT2D eigenvalue weighted by molar-refractivity contribution is -0.333. The molecule has 21 heteroatoms. The minimum absolute atomic E-state index is 0.0611. The van der Waals surface area contributed by atoms with E-state index in [2.05, 4.69) is 10.6 Å². The monoisotopic (exact) mass is 686 g/mol. The van der Waals surface area contributed by atoms with Gasteiger partial charge in [-0.3, -0.25) is 9.59 Å². The fourth-order valence-corrected chi connectivity index (χ4v) is 5.74. The minimum Gasteiger partial charge on any atom is -0.394 e. The van der Waals surface area contributed by atoms with Crippen LogP contribution >= 0.6 is 0 Å². The van der Waals surface area contributed by atoms with Crippen LogP contribution in [0.1, 0.15) is 19.3 Å². The summed E-state index contributed by atoms with van der Waals surface area (Å²) in [7, 11) is 0. The zero-order chi connectivity index (χ0) is 35.2. The molecule has 2 amide bonds. The fourth-order valence-electron chi connectivity index (χ4n) is 5.74. The van der Waals surface area contributed by atoms with Gasteiger partial charge in [-0.1, -0.05) is 0 Å². The second kappa shape index (κ2) is 17.8. The first-order valence-electron chi connectivity index (χ1n) is 15.3. The van der Waals surface area contributed by atoms with Crippen LogP contribution in [0.3, 0.4) is 0 Å². The fraction of sp³-hybridized carbons (Fsp3) is 0.923. The SMILES string of the molecule is NCC[C@@H](O)C(=O)NC1C[C@H](NC(=O)[C@@H](O)CCN)C(O[C@H]2OC(CN)[C@@H](O)C(O)C2O)C(O)[C@H]1O[C@H]1OC(CO)[C@@H](O)C(N)C1O. The van der Waals surface area contributed by atoms with E-state index in [4.69, 9.17) is 41.9 Å². The summed E-state index contributed by atoms with van der Waals surface area (Å²) in [6.45, 7) is -1.18. The molecule has 17 atom stereocenters. The molecule has 9 unspecified atom stereocenters. The van der Waals surface area contributed by atoms with Crippen LogP contribution in [0.15, 0.2) is 0 Å². The Labute approximate surface area is 269 Å². The van der Waals surface area contributed by atoms with Gasteiger partial charge in [0.2, 0.25) is 11.8 Å². The molecule has 0 radical (unpaired) electrons. The average molecular weight is 687 g/mol. The van der Waals surface area contributed by atoms with E-state index in [-0.39, 0.29) is 38.9 Å².